The van der Waals surface area contributed by atoms with Gasteiger partial charge in [-0.05, 0) is 38.5 Å². The number of carbonyl (C=O) groups excluding carboxylic acids is 1. The highest BCUT2D eigenvalue weighted by atomic mass is 16.7. The fourth-order valence-corrected chi connectivity index (χ4v) is 4.34. The van der Waals surface area contributed by atoms with Gasteiger partial charge in [0.15, 0.2) is 11.5 Å². The van der Waals surface area contributed by atoms with Gasteiger partial charge in [-0.3, -0.25) is 9.78 Å². The molecule has 206 valence electrons. The lowest BCUT2D eigenvalue weighted by Crippen LogP contribution is -2.49. The zero-order valence-electron chi connectivity index (χ0n) is 23.8. The Hall–Kier alpha value is -4.13. The maximum atomic E-state index is 13.2. The Bertz CT molecular complexity index is 1240. The van der Waals surface area contributed by atoms with Gasteiger partial charge in [0.25, 0.3) is 5.91 Å². The third-order valence-electron chi connectivity index (χ3n) is 6.33. The summed E-state index contributed by atoms with van der Waals surface area (Å²) < 4.78 is 12.5. The lowest BCUT2D eigenvalue weighted by Gasteiger charge is -2.35. The third-order valence-corrected chi connectivity index (χ3v) is 6.33. The van der Waals surface area contributed by atoms with Crippen molar-refractivity contribution in [1.29, 1.82) is 0 Å². The van der Waals surface area contributed by atoms with Gasteiger partial charge >= 0.3 is 5.79 Å². The molecule has 0 bridgehead atoms. The van der Waals surface area contributed by atoms with E-state index in [1.807, 2.05) is 62.9 Å². The van der Waals surface area contributed by atoms with Gasteiger partial charge < -0.3 is 19.3 Å². The van der Waals surface area contributed by atoms with Gasteiger partial charge in [0, 0.05) is 55.3 Å². The third kappa shape index (κ3) is 6.85. The van der Waals surface area contributed by atoms with E-state index in [4.69, 9.17) is 9.47 Å². The molecule has 2 aliphatic rings. The molecule has 0 N–H and O–H groups in total. The number of hydrogen-bond donors (Lipinski definition) is 0. The van der Waals surface area contributed by atoms with Crippen LogP contribution < -0.4 is 14.4 Å². The maximum Gasteiger partial charge on any atom is 0.301 e. The molecular weight excluding hydrogens is 488 g/mol. The molecule has 0 saturated carbocycles. The number of fused-ring (bicyclic) bond motifs is 1. The number of hydrogen-bond acceptors (Lipinski definition) is 6. The maximum absolute atomic E-state index is 13.2. The molecule has 3 heterocycles. The van der Waals surface area contributed by atoms with Crippen LogP contribution in [0.4, 0.5) is 5.82 Å². The molecule has 1 fully saturated rings. The minimum Gasteiger partial charge on any atom is -0.441 e. The minimum absolute atomic E-state index is 0.0252. The van der Waals surface area contributed by atoms with Crippen LogP contribution in [0.3, 0.4) is 0 Å². The average Bonchev–Trinajstić information content (AvgIpc) is 3.40. The van der Waals surface area contributed by atoms with Gasteiger partial charge in [0.1, 0.15) is 5.82 Å². The first-order valence-electron chi connectivity index (χ1n) is 13.6. The Balaban J connectivity index is 0.000000542. The molecule has 3 aromatic rings. The van der Waals surface area contributed by atoms with E-state index in [1.54, 1.807) is 36.8 Å². The van der Waals surface area contributed by atoms with E-state index in [2.05, 4.69) is 40.5 Å². The summed E-state index contributed by atoms with van der Waals surface area (Å²) in [5.74, 6) is 0.859. The number of benzene rings is 2. The second kappa shape index (κ2) is 14.1. The summed E-state index contributed by atoms with van der Waals surface area (Å²) in [6.07, 6.45) is 10.4. The molecule has 5 rings (SSSR count). The molecule has 0 radical (unpaired) electrons. The predicted octanol–water partition coefficient (Wildman–Crippen LogP) is 6.64. The summed E-state index contributed by atoms with van der Waals surface area (Å²) in [5.41, 5.74) is 2.16. The zero-order valence-corrected chi connectivity index (χ0v) is 23.8. The number of piperazine rings is 1. The lowest BCUT2D eigenvalue weighted by atomic mass is 10.00. The molecule has 1 unspecified atom stereocenters. The Morgan fingerprint density at radius 1 is 1.03 bits per heavy atom. The van der Waals surface area contributed by atoms with Gasteiger partial charge in [0.2, 0.25) is 0 Å². The van der Waals surface area contributed by atoms with Crippen molar-refractivity contribution in [3.8, 4) is 11.5 Å². The minimum atomic E-state index is -1.09. The number of nitrogens with zero attached hydrogens (tertiary/aromatic N) is 4. The molecule has 1 saturated heterocycles. The van der Waals surface area contributed by atoms with Gasteiger partial charge in [-0.15, -0.1) is 0 Å². The fourth-order valence-electron chi connectivity index (χ4n) is 4.34. The number of rotatable bonds is 5. The van der Waals surface area contributed by atoms with Crippen molar-refractivity contribution in [2.24, 2.45) is 0 Å². The number of amides is 1. The van der Waals surface area contributed by atoms with Crippen molar-refractivity contribution in [3.05, 3.63) is 103 Å². The molecule has 7 heteroatoms. The summed E-state index contributed by atoms with van der Waals surface area (Å²) in [6, 6.07) is 15.1. The van der Waals surface area contributed by atoms with Crippen LogP contribution in [0, 0.1) is 0 Å². The lowest BCUT2D eigenvalue weighted by molar-refractivity contribution is -0.0494. The number of ether oxygens (including phenoxy) is 2. The van der Waals surface area contributed by atoms with Crippen LogP contribution in [0.15, 0.2) is 91.4 Å². The van der Waals surface area contributed by atoms with E-state index in [1.165, 1.54) is 0 Å². The molecular formula is C32H40N4O3. The van der Waals surface area contributed by atoms with Crippen molar-refractivity contribution in [2.75, 3.05) is 31.1 Å². The highest BCUT2D eigenvalue weighted by Crippen LogP contribution is 2.47. The van der Waals surface area contributed by atoms with Crippen molar-refractivity contribution < 1.29 is 14.3 Å². The normalized spacial score (nSPS) is 17.6. The molecule has 0 spiro atoms. The van der Waals surface area contributed by atoms with Crippen molar-refractivity contribution in [1.82, 2.24) is 14.9 Å². The van der Waals surface area contributed by atoms with E-state index in [9.17, 15) is 4.79 Å². The van der Waals surface area contributed by atoms with Gasteiger partial charge in [-0.2, -0.15) is 0 Å². The Labute approximate surface area is 232 Å². The number of carbonyl (C=O) groups is 1. The first kappa shape index (κ1) is 29.4. The molecule has 1 atom stereocenters. The van der Waals surface area contributed by atoms with E-state index >= 15 is 0 Å². The standard InChI is InChI=1S/C25H24N4O3.C5H10.C2H6/c1-18(2)25(20-6-4-3-5-7-20)31-21-9-8-19(16-22(21)32-25)24(30)29-14-12-28(13-15-29)23-17-26-10-11-27-23;1-3-5-4-2;1-2/h3-11,16-17H,1,12-15H2,2H3;3,5H,4H2,1-2H3;1-2H3/b;5-3-;. The number of allylic oxidation sites excluding steroid dienone is 2. The fraction of sp³-hybridized carbons (Fsp3) is 0.344. The molecule has 2 aliphatic heterocycles. The van der Waals surface area contributed by atoms with E-state index in [0.29, 0.717) is 43.2 Å². The smallest absolute Gasteiger partial charge is 0.301 e. The van der Waals surface area contributed by atoms with Gasteiger partial charge in [0.05, 0.1) is 6.20 Å². The summed E-state index contributed by atoms with van der Waals surface area (Å²) >= 11 is 0. The summed E-state index contributed by atoms with van der Waals surface area (Å²) in [4.78, 5) is 25.6. The van der Waals surface area contributed by atoms with Crippen LogP contribution in [0.1, 0.15) is 57.0 Å². The van der Waals surface area contributed by atoms with Crippen molar-refractivity contribution in [3.63, 3.8) is 0 Å². The summed E-state index contributed by atoms with van der Waals surface area (Å²) in [6.45, 7) is 16.8. The molecule has 1 amide bonds. The van der Waals surface area contributed by atoms with E-state index in [-0.39, 0.29) is 5.91 Å². The average molecular weight is 529 g/mol. The monoisotopic (exact) mass is 528 g/mol. The van der Waals surface area contributed by atoms with E-state index < -0.39 is 5.79 Å². The number of aromatic nitrogens is 2. The topological polar surface area (TPSA) is 67.8 Å². The highest BCUT2D eigenvalue weighted by Gasteiger charge is 2.44. The van der Waals surface area contributed by atoms with Crippen LogP contribution in [0.25, 0.3) is 0 Å². The SMILES string of the molecule is C/C=C\CC.C=C(C)C1(c2ccccc2)Oc2ccc(C(=O)N3CCN(c4cnccn4)CC3)cc2O1.CC. The first-order valence-corrected chi connectivity index (χ1v) is 13.6. The van der Waals surface area contributed by atoms with Crippen molar-refractivity contribution in [2.45, 2.75) is 46.8 Å². The van der Waals surface area contributed by atoms with Crippen LogP contribution in [-0.2, 0) is 5.79 Å². The van der Waals surface area contributed by atoms with Gasteiger partial charge in [-0.1, -0.05) is 69.8 Å². The van der Waals surface area contributed by atoms with Crippen LogP contribution in [0.5, 0.6) is 11.5 Å². The van der Waals surface area contributed by atoms with E-state index in [0.717, 1.165) is 23.4 Å². The zero-order chi connectivity index (χ0) is 28.3. The second-order valence-electron chi connectivity index (χ2n) is 8.95. The summed E-state index contributed by atoms with van der Waals surface area (Å²) in [5, 5.41) is 0. The predicted molar refractivity (Wildman–Crippen MR) is 157 cm³/mol. The largest absolute Gasteiger partial charge is 0.441 e. The molecule has 0 aliphatic carbocycles. The van der Waals surface area contributed by atoms with Crippen LogP contribution in [-0.4, -0.2) is 47.0 Å². The van der Waals surface area contributed by atoms with Gasteiger partial charge in [-0.25, -0.2) is 4.98 Å². The van der Waals surface area contributed by atoms with Crippen LogP contribution in [0.2, 0.25) is 0 Å². The highest BCUT2D eigenvalue weighted by molar-refractivity contribution is 5.95. The Morgan fingerprint density at radius 2 is 1.72 bits per heavy atom. The molecule has 7 nitrogen and oxygen atoms in total. The molecule has 2 aromatic carbocycles. The Kier molecular flexibility index (Phi) is 10.7. The molecule has 39 heavy (non-hydrogen) atoms. The second-order valence-corrected chi connectivity index (χ2v) is 8.95. The Morgan fingerprint density at radius 3 is 2.28 bits per heavy atom. The number of anilines is 1. The van der Waals surface area contributed by atoms with Crippen molar-refractivity contribution >= 4 is 11.7 Å². The van der Waals surface area contributed by atoms with Crippen LogP contribution >= 0.6 is 0 Å². The molecule has 1 aromatic heterocycles. The quantitative estimate of drug-likeness (QED) is 0.346. The first-order chi connectivity index (χ1) is 19.0. The summed E-state index contributed by atoms with van der Waals surface area (Å²) in [7, 11) is 0.